The molecule has 5 rings (SSSR count). The molecule has 33 heavy (non-hydrogen) atoms. The quantitative estimate of drug-likeness (QED) is 0.624. The number of nitrogens with zero attached hydrogens (tertiary/aromatic N) is 1. The molecule has 2 unspecified atom stereocenters. The summed E-state index contributed by atoms with van der Waals surface area (Å²) in [6, 6.07) is 9.84. The highest BCUT2D eigenvalue weighted by molar-refractivity contribution is 6.05. The lowest BCUT2D eigenvalue weighted by Gasteiger charge is -2.29. The first kappa shape index (κ1) is 21.0. The molecule has 2 aromatic carbocycles. The van der Waals surface area contributed by atoms with Crippen molar-refractivity contribution in [3.05, 3.63) is 58.7 Å². The monoisotopic (exact) mass is 448 g/mol. The normalized spacial score (nSPS) is 21.6. The molecule has 0 aromatic heterocycles. The van der Waals surface area contributed by atoms with Gasteiger partial charge in [-0.15, -0.1) is 0 Å². The molecule has 0 aliphatic carbocycles. The van der Waals surface area contributed by atoms with Crippen LogP contribution in [0.25, 0.3) is 0 Å². The Bertz CT molecular complexity index is 1180. The van der Waals surface area contributed by atoms with Gasteiger partial charge in [0, 0.05) is 36.2 Å². The van der Waals surface area contributed by atoms with Gasteiger partial charge in [0.15, 0.2) is 0 Å². The average molecular weight is 448 g/mol. The van der Waals surface area contributed by atoms with E-state index in [-0.39, 0.29) is 36.9 Å². The number of nitrogens with one attached hydrogen (secondary N) is 3. The van der Waals surface area contributed by atoms with Crippen LogP contribution in [0.5, 0.6) is 5.75 Å². The first-order valence-electron chi connectivity index (χ1n) is 11.0. The Hall–Kier alpha value is -3.88. The minimum Gasteiger partial charge on any atom is -0.493 e. The SMILES string of the molecule is Cc1ccc2c(c1)OCCC2NC(=O)Nc1ccc2c(c1)CN(C1CCC(=O)NC1=O)C2=O. The van der Waals surface area contributed by atoms with Gasteiger partial charge in [-0.2, -0.15) is 0 Å². The number of imide groups is 1. The van der Waals surface area contributed by atoms with E-state index in [1.165, 1.54) is 4.90 Å². The first-order chi connectivity index (χ1) is 15.9. The zero-order chi connectivity index (χ0) is 23.1. The third-order valence-electron chi connectivity index (χ3n) is 6.30. The van der Waals surface area contributed by atoms with Crippen LogP contribution in [-0.4, -0.2) is 41.3 Å². The summed E-state index contributed by atoms with van der Waals surface area (Å²) in [4.78, 5) is 50.6. The zero-order valence-electron chi connectivity index (χ0n) is 18.1. The molecular formula is C24H24N4O5. The molecule has 9 heteroatoms. The van der Waals surface area contributed by atoms with E-state index in [2.05, 4.69) is 16.0 Å². The molecule has 9 nitrogen and oxygen atoms in total. The van der Waals surface area contributed by atoms with Crippen molar-refractivity contribution in [1.82, 2.24) is 15.5 Å². The van der Waals surface area contributed by atoms with Crippen LogP contribution in [-0.2, 0) is 16.1 Å². The first-order valence-corrected chi connectivity index (χ1v) is 11.0. The summed E-state index contributed by atoms with van der Waals surface area (Å²) in [7, 11) is 0. The summed E-state index contributed by atoms with van der Waals surface area (Å²) in [5.74, 6) is -0.224. The van der Waals surface area contributed by atoms with Crippen LogP contribution in [0.4, 0.5) is 10.5 Å². The van der Waals surface area contributed by atoms with Crippen molar-refractivity contribution in [3.63, 3.8) is 0 Å². The smallest absolute Gasteiger partial charge is 0.319 e. The number of carbonyl (C=O) groups excluding carboxylic acids is 4. The van der Waals surface area contributed by atoms with Gasteiger partial charge >= 0.3 is 6.03 Å². The van der Waals surface area contributed by atoms with Crippen molar-refractivity contribution in [2.75, 3.05) is 11.9 Å². The van der Waals surface area contributed by atoms with Crippen LogP contribution in [0.2, 0.25) is 0 Å². The molecule has 0 saturated carbocycles. The number of hydrogen-bond donors (Lipinski definition) is 3. The van der Waals surface area contributed by atoms with Gasteiger partial charge in [-0.1, -0.05) is 12.1 Å². The Morgan fingerprint density at radius 3 is 2.79 bits per heavy atom. The number of fused-ring (bicyclic) bond motifs is 2. The van der Waals surface area contributed by atoms with Gasteiger partial charge in [-0.05, 0) is 48.7 Å². The second-order valence-electron chi connectivity index (χ2n) is 8.60. The van der Waals surface area contributed by atoms with Crippen molar-refractivity contribution in [3.8, 4) is 5.75 Å². The minimum atomic E-state index is -0.667. The Kier molecular flexibility index (Phi) is 5.24. The molecule has 0 bridgehead atoms. The van der Waals surface area contributed by atoms with E-state index in [9.17, 15) is 19.2 Å². The molecule has 3 aliphatic heterocycles. The molecule has 3 aliphatic rings. The van der Waals surface area contributed by atoms with Crippen molar-refractivity contribution >= 4 is 29.4 Å². The molecule has 1 fully saturated rings. The Morgan fingerprint density at radius 2 is 1.97 bits per heavy atom. The maximum atomic E-state index is 12.8. The van der Waals surface area contributed by atoms with E-state index in [0.717, 1.165) is 22.4 Å². The number of ether oxygens (including phenoxy) is 1. The van der Waals surface area contributed by atoms with Gasteiger partial charge < -0.3 is 20.3 Å². The second-order valence-corrected chi connectivity index (χ2v) is 8.60. The maximum Gasteiger partial charge on any atom is 0.319 e. The molecule has 3 heterocycles. The molecular weight excluding hydrogens is 424 g/mol. The van der Waals surface area contributed by atoms with E-state index >= 15 is 0 Å². The van der Waals surface area contributed by atoms with Gasteiger partial charge in [-0.3, -0.25) is 19.7 Å². The van der Waals surface area contributed by atoms with Crippen LogP contribution in [0.1, 0.15) is 52.4 Å². The minimum absolute atomic E-state index is 0.159. The number of carbonyl (C=O) groups is 4. The fourth-order valence-electron chi connectivity index (χ4n) is 4.62. The van der Waals surface area contributed by atoms with Gasteiger partial charge in [-0.25, -0.2) is 4.79 Å². The highest BCUT2D eigenvalue weighted by atomic mass is 16.5. The predicted octanol–water partition coefficient (Wildman–Crippen LogP) is 2.40. The predicted molar refractivity (Wildman–Crippen MR) is 119 cm³/mol. The topological polar surface area (TPSA) is 117 Å². The standard InChI is InChI=1S/C24H24N4O5/c1-13-2-4-17-18(8-9-33-20(17)10-13)26-24(32)25-15-3-5-16-14(11-15)12-28(23(16)31)19-6-7-21(29)27-22(19)30/h2-5,10-11,18-19H,6-9,12H2,1H3,(H2,25,26,32)(H,27,29,30). The molecule has 0 spiro atoms. The highest BCUT2D eigenvalue weighted by Gasteiger charge is 2.39. The number of urea groups is 1. The molecule has 170 valence electrons. The third-order valence-corrected chi connectivity index (χ3v) is 6.30. The summed E-state index contributed by atoms with van der Waals surface area (Å²) in [6.07, 6.45) is 1.19. The molecule has 3 N–H and O–H groups in total. The maximum absolute atomic E-state index is 12.8. The number of anilines is 1. The van der Waals surface area contributed by atoms with Gasteiger partial charge in [0.25, 0.3) is 5.91 Å². The van der Waals surface area contributed by atoms with E-state index in [1.807, 2.05) is 25.1 Å². The van der Waals surface area contributed by atoms with Crippen LogP contribution in [0.15, 0.2) is 36.4 Å². The van der Waals surface area contributed by atoms with Crippen LogP contribution < -0.4 is 20.7 Å². The Morgan fingerprint density at radius 1 is 1.12 bits per heavy atom. The fourth-order valence-corrected chi connectivity index (χ4v) is 4.62. The lowest BCUT2D eigenvalue weighted by atomic mass is 9.99. The van der Waals surface area contributed by atoms with E-state index in [1.54, 1.807) is 18.2 Å². The Labute approximate surface area is 190 Å². The van der Waals surface area contributed by atoms with Crippen LogP contribution >= 0.6 is 0 Å². The summed E-state index contributed by atoms with van der Waals surface area (Å²) in [5, 5.41) is 8.13. The summed E-state index contributed by atoms with van der Waals surface area (Å²) >= 11 is 0. The van der Waals surface area contributed by atoms with Crippen molar-refractivity contribution < 1.29 is 23.9 Å². The third kappa shape index (κ3) is 4.02. The summed E-state index contributed by atoms with van der Waals surface area (Å²) in [5.41, 5.74) is 3.83. The number of amides is 5. The zero-order valence-corrected chi connectivity index (χ0v) is 18.1. The highest BCUT2D eigenvalue weighted by Crippen LogP contribution is 2.33. The van der Waals surface area contributed by atoms with E-state index < -0.39 is 11.9 Å². The van der Waals surface area contributed by atoms with Gasteiger partial charge in [0.1, 0.15) is 11.8 Å². The second kappa shape index (κ2) is 8.23. The van der Waals surface area contributed by atoms with E-state index in [4.69, 9.17) is 4.74 Å². The number of piperidine rings is 1. The van der Waals surface area contributed by atoms with Gasteiger partial charge in [0.05, 0.1) is 12.6 Å². The largest absolute Gasteiger partial charge is 0.493 e. The van der Waals surface area contributed by atoms with Crippen LogP contribution in [0.3, 0.4) is 0 Å². The Balaban J connectivity index is 1.26. The summed E-state index contributed by atoms with van der Waals surface area (Å²) < 4.78 is 5.71. The number of rotatable bonds is 3. The molecule has 5 amide bonds. The van der Waals surface area contributed by atoms with Crippen molar-refractivity contribution in [2.45, 2.75) is 44.8 Å². The van der Waals surface area contributed by atoms with Crippen LogP contribution in [0, 0.1) is 6.92 Å². The number of benzene rings is 2. The lowest BCUT2D eigenvalue weighted by Crippen LogP contribution is -2.52. The van der Waals surface area contributed by atoms with E-state index in [0.29, 0.717) is 30.7 Å². The molecule has 1 saturated heterocycles. The fraction of sp³-hybridized carbons (Fsp3) is 0.333. The lowest BCUT2D eigenvalue weighted by molar-refractivity contribution is -0.136. The van der Waals surface area contributed by atoms with Gasteiger partial charge in [0.2, 0.25) is 11.8 Å². The van der Waals surface area contributed by atoms with Crippen molar-refractivity contribution in [1.29, 1.82) is 0 Å². The molecule has 0 radical (unpaired) electrons. The number of hydrogen-bond acceptors (Lipinski definition) is 5. The average Bonchev–Trinajstić information content (AvgIpc) is 3.09. The summed E-state index contributed by atoms with van der Waals surface area (Å²) in [6.45, 7) is 2.77. The molecule has 2 atom stereocenters. The molecule has 2 aromatic rings. The number of aryl methyl sites for hydroxylation is 1. The van der Waals surface area contributed by atoms with Crippen molar-refractivity contribution in [2.24, 2.45) is 0 Å².